The molecule has 0 radical (unpaired) electrons. The second kappa shape index (κ2) is 9.98. The molecule has 0 aliphatic carbocycles. The molecule has 3 heterocycles. The molecular weight excluding hydrogens is 548 g/mol. The summed E-state index contributed by atoms with van der Waals surface area (Å²) < 4.78 is 42.0. The minimum atomic E-state index is -4.57. The number of nitrogens with zero attached hydrogens (tertiary/aromatic N) is 4. The van der Waals surface area contributed by atoms with Crippen molar-refractivity contribution < 1.29 is 22.8 Å². The van der Waals surface area contributed by atoms with Crippen molar-refractivity contribution in [3.05, 3.63) is 68.2 Å². The Morgan fingerprint density at radius 1 is 1.16 bits per heavy atom. The second-order valence-electron chi connectivity index (χ2n) is 9.09. The maximum Gasteiger partial charge on any atom is 0.416 e. The van der Waals surface area contributed by atoms with Crippen LogP contribution in [0.2, 0.25) is 10.2 Å². The lowest BCUT2D eigenvalue weighted by Gasteiger charge is -2.23. The highest BCUT2D eigenvalue weighted by Gasteiger charge is 2.38. The van der Waals surface area contributed by atoms with E-state index in [4.69, 9.17) is 23.2 Å². The number of hydrogen-bond acceptors (Lipinski definition) is 5. The first-order valence-corrected chi connectivity index (χ1v) is 13.1. The number of thioether (sulfide) groups is 1. The molecule has 37 heavy (non-hydrogen) atoms. The number of alkyl halides is 3. The first-order valence-electron chi connectivity index (χ1n) is 11.5. The first kappa shape index (κ1) is 26.1. The van der Waals surface area contributed by atoms with Crippen molar-refractivity contribution >= 4 is 63.1 Å². The number of hydrogen-bond donors (Lipinski definition) is 0. The van der Waals surface area contributed by atoms with Crippen LogP contribution in [0, 0.1) is 0 Å². The van der Waals surface area contributed by atoms with Gasteiger partial charge in [0, 0.05) is 23.0 Å². The number of amides is 2. The van der Waals surface area contributed by atoms with Gasteiger partial charge in [0.15, 0.2) is 5.15 Å². The van der Waals surface area contributed by atoms with Crippen molar-refractivity contribution in [2.45, 2.75) is 31.6 Å². The van der Waals surface area contributed by atoms with Gasteiger partial charge in [-0.3, -0.25) is 19.2 Å². The van der Waals surface area contributed by atoms with E-state index in [1.54, 1.807) is 24.3 Å². The number of fused-ring (bicyclic) bond motifs is 1. The molecule has 2 aliphatic rings. The van der Waals surface area contributed by atoms with Gasteiger partial charge in [-0.2, -0.15) is 18.3 Å². The molecule has 1 atom stereocenters. The fourth-order valence-corrected chi connectivity index (χ4v) is 5.97. The largest absolute Gasteiger partial charge is 0.416 e. The van der Waals surface area contributed by atoms with Crippen LogP contribution in [0.3, 0.4) is 0 Å². The number of likely N-dealkylation sites (tertiary alicyclic amines) is 1. The average molecular weight is 569 g/mol. The molecule has 2 aromatic carbocycles. The van der Waals surface area contributed by atoms with Crippen LogP contribution in [-0.2, 0) is 17.5 Å². The standard InChI is InChI=1S/C25H21Cl2F3N4O2S/c1-32-8-2-3-17(32)13-33-23(35)21(37-24(33)36)10-14-4-7-20-18(9-14)22(27)31-34(20)12-15-5-6-16(26)11-19(15)25(28,29)30/h4-7,9-11,17H,2-3,8,12-13H2,1H3/b21-10-/t17-/m0/s1. The summed E-state index contributed by atoms with van der Waals surface area (Å²) in [5.74, 6) is -0.334. The van der Waals surface area contributed by atoms with Crippen molar-refractivity contribution in [2.75, 3.05) is 20.1 Å². The van der Waals surface area contributed by atoms with Gasteiger partial charge < -0.3 is 4.90 Å². The highest BCUT2D eigenvalue weighted by atomic mass is 35.5. The fraction of sp³-hybridized carbons (Fsp3) is 0.320. The number of carbonyl (C=O) groups is 2. The van der Waals surface area contributed by atoms with E-state index in [2.05, 4.69) is 10.00 Å². The normalized spacial score (nSPS) is 20.2. The zero-order valence-corrected chi connectivity index (χ0v) is 21.9. The Bertz CT molecular complexity index is 1440. The summed E-state index contributed by atoms with van der Waals surface area (Å²) in [5.41, 5.74) is 0.321. The maximum atomic E-state index is 13.5. The second-order valence-corrected chi connectivity index (χ2v) is 10.9. The van der Waals surface area contributed by atoms with E-state index in [-0.39, 0.29) is 39.5 Å². The predicted octanol–water partition coefficient (Wildman–Crippen LogP) is 6.54. The molecule has 2 aliphatic heterocycles. The Morgan fingerprint density at radius 2 is 1.95 bits per heavy atom. The highest BCUT2D eigenvalue weighted by molar-refractivity contribution is 8.18. The van der Waals surface area contributed by atoms with E-state index in [9.17, 15) is 22.8 Å². The van der Waals surface area contributed by atoms with Crippen LogP contribution in [0.1, 0.15) is 29.5 Å². The molecule has 0 N–H and O–H groups in total. The third kappa shape index (κ3) is 5.25. The number of rotatable bonds is 5. The molecule has 12 heteroatoms. The van der Waals surface area contributed by atoms with E-state index in [1.807, 2.05) is 7.05 Å². The maximum absolute atomic E-state index is 13.5. The van der Waals surface area contributed by atoms with Crippen LogP contribution >= 0.6 is 35.0 Å². The van der Waals surface area contributed by atoms with Gasteiger partial charge in [0.25, 0.3) is 11.1 Å². The van der Waals surface area contributed by atoms with Gasteiger partial charge in [0.05, 0.1) is 22.5 Å². The van der Waals surface area contributed by atoms with E-state index < -0.39 is 11.7 Å². The Balaban J connectivity index is 1.41. The van der Waals surface area contributed by atoms with Crippen LogP contribution in [0.25, 0.3) is 17.0 Å². The SMILES string of the molecule is CN1CCC[C@H]1CN1C(=O)S/C(=C\c2ccc3c(c2)c(Cl)nn3Cc2ccc(Cl)cc2C(F)(F)F)C1=O. The van der Waals surface area contributed by atoms with Crippen molar-refractivity contribution in [2.24, 2.45) is 0 Å². The molecule has 3 aromatic rings. The van der Waals surface area contributed by atoms with Crippen LogP contribution in [-0.4, -0.2) is 56.9 Å². The topological polar surface area (TPSA) is 58.4 Å². The number of likely N-dealkylation sites (N-methyl/N-ethyl adjacent to an activating group) is 1. The average Bonchev–Trinajstić information content (AvgIpc) is 3.46. The third-order valence-corrected chi connectivity index (χ3v) is 8.08. The fourth-order valence-electron chi connectivity index (χ4n) is 4.71. The van der Waals surface area contributed by atoms with Crippen LogP contribution in [0.15, 0.2) is 41.3 Å². The Morgan fingerprint density at radius 3 is 2.65 bits per heavy atom. The van der Waals surface area contributed by atoms with Crippen LogP contribution in [0.4, 0.5) is 18.0 Å². The number of halogens is 5. The number of carbonyl (C=O) groups excluding carboxylic acids is 2. The molecule has 194 valence electrons. The van der Waals surface area contributed by atoms with Gasteiger partial charge in [-0.05, 0) is 79.7 Å². The molecule has 5 rings (SSSR count). The monoisotopic (exact) mass is 568 g/mol. The van der Waals surface area contributed by atoms with Gasteiger partial charge >= 0.3 is 6.18 Å². The lowest BCUT2D eigenvalue weighted by Crippen LogP contribution is -2.40. The highest BCUT2D eigenvalue weighted by Crippen LogP contribution is 2.36. The van der Waals surface area contributed by atoms with Gasteiger partial charge in [-0.1, -0.05) is 35.3 Å². The smallest absolute Gasteiger partial charge is 0.302 e. The van der Waals surface area contributed by atoms with Crippen molar-refractivity contribution in [1.29, 1.82) is 0 Å². The molecule has 2 saturated heterocycles. The first-order chi connectivity index (χ1) is 17.5. The van der Waals surface area contributed by atoms with E-state index >= 15 is 0 Å². The zero-order valence-electron chi connectivity index (χ0n) is 19.6. The summed E-state index contributed by atoms with van der Waals surface area (Å²) in [6, 6.07) is 8.86. The quantitative estimate of drug-likeness (QED) is 0.327. The Hall–Kier alpha value is -2.53. The molecule has 6 nitrogen and oxygen atoms in total. The van der Waals surface area contributed by atoms with Crippen molar-refractivity contribution in [3.63, 3.8) is 0 Å². The summed E-state index contributed by atoms with van der Waals surface area (Å²) in [6.45, 7) is 1.14. The van der Waals surface area contributed by atoms with E-state index in [1.165, 1.54) is 21.7 Å². The van der Waals surface area contributed by atoms with Crippen LogP contribution < -0.4 is 0 Å². The number of aromatic nitrogens is 2. The van der Waals surface area contributed by atoms with Crippen LogP contribution in [0.5, 0.6) is 0 Å². The minimum Gasteiger partial charge on any atom is -0.302 e. The predicted molar refractivity (Wildman–Crippen MR) is 139 cm³/mol. The molecule has 0 unspecified atom stereocenters. The number of benzene rings is 2. The molecule has 2 fully saturated rings. The Kier molecular flexibility index (Phi) is 7.04. The Labute approximate surface area is 225 Å². The molecule has 2 amide bonds. The summed E-state index contributed by atoms with van der Waals surface area (Å²) in [6.07, 6.45) is -0.970. The van der Waals surface area contributed by atoms with Crippen molar-refractivity contribution in [3.8, 4) is 0 Å². The van der Waals surface area contributed by atoms with Gasteiger partial charge in [0.2, 0.25) is 0 Å². The van der Waals surface area contributed by atoms with Gasteiger partial charge in [-0.15, -0.1) is 0 Å². The van der Waals surface area contributed by atoms with Gasteiger partial charge in [0.1, 0.15) is 0 Å². The number of imide groups is 1. The summed E-state index contributed by atoms with van der Waals surface area (Å²) >= 11 is 13.0. The minimum absolute atomic E-state index is 0.00336. The summed E-state index contributed by atoms with van der Waals surface area (Å²) in [7, 11) is 1.99. The zero-order chi connectivity index (χ0) is 26.5. The molecule has 0 bridgehead atoms. The van der Waals surface area contributed by atoms with E-state index in [0.29, 0.717) is 27.9 Å². The molecule has 0 spiro atoms. The van der Waals surface area contributed by atoms with Gasteiger partial charge in [-0.25, -0.2) is 0 Å². The summed E-state index contributed by atoms with van der Waals surface area (Å²) in [4.78, 5) is 29.2. The van der Waals surface area contributed by atoms with E-state index in [0.717, 1.165) is 37.2 Å². The van der Waals surface area contributed by atoms with Crippen molar-refractivity contribution in [1.82, 2.24) is 19.6 Å². The lowest BCUT2D eigenvalue weighted by molar-refractivity contribution is -0.138. The lowest BCUT2D eigenvalue weighted by atomic mass is 10.1. The summed E-state index contributed by atoms with van der Waals surface area (Å²) in [5, 5.41) is 4.55. The third-order valence-electron chi connectivity index (χ3n) is 6.66. The molecule has 1 aromatic heterocycles. The molecule has 0 saturated carbocycles. The molecular formula is C25H21Cl2F3N4O2S.